The Morgan fingerprint density at radius 1 is 0.842 bits per heavy atom. The number of hydrogen-bond donors (Lipinski definition) is 0. The molecule has 0 amide bonds. The van der Waals surface area contributed by atoms with Crippen LogP contribution in [-0.4, -0.2) is 11.6 Å². The molecular weight excluding hydrogens is 239 g/mol. The zero-order valence-corrected chi connectivity index (χ0v) is 13.6. The first-order valence-corrected chi connectivity index (χ1v) is 8.22. The van der Waals surface area contributed by atoms with Crippen LogP contribution < -0.4 is 0 Å². The van der Waals surface area contributed by atoms with Gasteiger partial charge in [-0.2, -0.15) is 0 Å². The minimum atomic E-state index is -0.508. The molecule has 2 fully saturated rings. The summed E-state index contributed by atoms with van der Waals surface area (Å²) < 4.78 is 14.1. The summed E-state index contributed by atoms with van der Waals surface area (Å²) in [5, 5.41) is 0. The van der Waals surface area contributed by atoms with Crippen LogP contribution in [0.4, 0.5) is 4.39 Å². The van der Waals surface area contributed by atoms with Crippen LogP contribution in [0.3, 0.4) is 0 Å². The summed E-state index contributed by atoms with van der Waals surface area (Å²) in [4.78, 5) is 0. The zero-order valence-electron chi connectivity index (χ0n) is 13.6. The van der Waals surface area contributed by atoms with Gasteiger partial charge in [0.1, 0.15) is 6.17 Å². The molecule has 116 valence electrons. The molecule has 2 heteroatoms. The van der Waals surface area contributed by atoms with E-state index in [2.05, 4.69) is 20.8 Å². The quantitative estimate of drug-likeness (QED) is 0.642. The maximum Gasteiger partial charge on any atom is 0.103 e. The molecule has 5 unspecified atom stereocenters. The summed E-state index contributed by atoms with van der Waals surface area (Å²) in [5.41, 5.74) is 0. The average Bonchev–Trinajstić information content (AvgIpc) is 2.30. The smallest absolute Gasteiger partial charge is 0.103 e. The molecule has 0 aromatic heterocycles. The second-order valence-corrected chi connectivity index (χ2v) is 6.68. The molecular formula is C17H35FO. The first kappa shape index (κ1) is 18.9. The highest BCUT2D eigenvalue weighted by Crippen LogP contribution is 2.45. The SMILES string of the molecule is CC.CC1CC(C)CC(C2C(C)CCCC2F)C1.O. The van der Waals surface area contributed by atoms with Gasteiger partial charge in [0.2, 0.25) is 0 Å². The predicted molar refractivity (Wildman–Crippen MR) is 82.0 cm³/mol. The lowest BCUT2D eigenvalue weighted by Gasteiger charge is -2.42. The molecule has 19 heavy (non-hydrogen) atoms. The minimum Gasteiger partial charge on any atom is -0.412 e. The maximum absolute atomic E-state index is 14.1. The lowest BCUT2D eigenvalue weighted by Crippen LogP contribution is -2.37. The molecule has 2 N–H and O–H groups in total. The fourth-order valence-electron chi connectivity index (χ4n) is 4.46. The van der Waals surface area contributed by atoms with E-state index in [0.29, 0.717) is 17.8 Å². The second kappa shape index (κ2) is 8.94. The fraction of sp³-hybridized carbons (Fsp3) is 1.00. The molecule has 2 saturated carbocycles. The predicted octanol–water partition coefficient (Wildman–Crippen LogP) is 5.03. The van der Waals surface area contributed by atoms with Gasteiger partial charge in [-0.3, -0.25) is 0 Å². The third-order valence-corrected chi connectivity index (χ3v) is 4.97. The van der Waals surface area contributed by atoms with E-state index in [0.717, 1.165) is 24.7 Å². The molecule has 0 heterocycles. The Hall–Kier alpha value is -0.110. The van der Waals surface area contributed by atoms with Crippen LogP contribution in [0.1, 0.15) is 73.1 Å². The number of alkyl halides is 1. The van der Waals surface area contributed by atoms with Gasteiger partial charge in [0.05, 0.1) is 0 Å². The molecule has 2 aliphatic carbocycles. The van der Waals surface area contributed by atoms with E-state index in [9.17, 15) is 4.39 Å². The van der Waals surface area contributed by atoms with Gasteiger partial charge < -0.3 is 5.48 Å². The molecule has 0 spiro atoms. The van der Waals surface area contributed by atoms with Crippen LogP contribution in [0.25, 0.3) is 0 Å². The minimum absolute atomic E-state index is 0. The fourth-order valence-corrected chi connectivity index (χ4v) is 4.46. The van der Waals surface area contributed by atoms with Gasteiger partial charge in [-0.1, -0.05) is 47.5 Å². The molecule has 0 aromatic carbocycles. The van der Waals surface area contributed by atoms with Crippen molar-refractivity contribution >= 4 is 0 Å². The van der Waals surface area contributed by atoms with Crippen LogP contribution in [0.5, 0.6) is 0 Å². The van der Waals surface area contributed by atoms with E-state index < -0.39 is 6.17 Å². The molecule has 0 bridgehead atoms. The molecule has 0 radical (unpaired) electrons. The van der Waals surface area contributed by atoms with Crippen LogP contribution in [0.2, 0.25) is 0 Å². The summed E-state index contributed by atoms with van der Waals surface area (Å²) in [6, 6.07) is 0. The average molecular weight is 274 g/mol. The normalized spacial score (nSPS) is 42.6. The Balaban J connectivity index is 0.00000103. The van der Waals surface area contributed by atoms with Crippen molar-refractivity contribution in [1.82, 2.24) is 0 Å². The molecule has 5 atom stereocenters. The summed E-state index contributed by atoms with van der Waals surface area (Å²) >= 11 is 0. The Morgan fingerprint density at radius 3 is 1.84 bits per heavy atom. The van der Waals surface area contributed by atoms with E-state index >= 15 is 0 Å². The summed E-state index contributed by atoms with van der Waals surface area (Å²) in [6.45, 7) is 11.0. The van der Waals surface area contributed by atoms with Crippen molar-refractivity contribution in [2.24, 2.45) is 29.6 Å². The molecule has 2 rings (SSSR count). The third kappa shape index (κ3) is 5.06. The van der Waals surface area contributed by atoms with E-state index in [4.69, 9.17) is 0 Å². The standard InChI is InChI=1S/C15H27F.C2H6.H2O/c1-10-7-11(2)9-13(8-10)15-12(3)5-4-6-14(15)16;1-2;/h10-15H,4-9H2,1-3H3;1-2H3;1H2. The third-order valence-electron chi connectivity index (χ3n) is 4.97. The molecule has 0 aliphatic heterocycles. The largest absolute Gasteiger partial charge is 0.412 e. The lowest BCUT2D eigenvalue weighted by atomic mass is 9.64. The first-order valence-electron chi connectivity index (χ1n) is 8.22. The van der Waals surface area contributed by atoms with Gasteiger partial charge >= 0.3 is 0 Å². The Bertz CT molecular complexity index is 211. The van der Waals surface area contributed by atoms with Crippen LogP contribution in [-0.2, 0) is 0 Å². The van der Waals surface area contributed by atoms with Gasteiger partial charge in [-0.05, 0) is 55.3 Å². The lowest BCUT2D eigenvalue weighted by molar-refractivity contribution is 0.0292. The topological polar surface area (TPSA) is 31.5 Å². The summed E-state index contributed by atoms with van der Waals surface area (Å²) in [7, 11) is 0. The van der Waals surface area contributed by atoms with Crippen LogP contribution in [0, 0.1) is 29.6 Å². The Kier molecular flexibility index (Phi) is 8.89. The van der Waals surface area contributed by atoms with Crippen LogP contribution in [0.15, 0.2) is 0 Å². The van der Waals surface area contributed by atoms with Crippen molar-refractivity contribution in [3.05, 3.63) is 0 Å². The number of rotatable bonds is 1. The Labute approximate surface area is 119 Å². The van der Waals surface area contributed by atoms with Crippen molar-refractivity contribution < 1.29 is 9.87 Å². The van der Waals surface area contributed by atoms with Gasteiger partial charge in [0, 0.05) is 0 Å². The first-order chi connectivity index (χ1) is 8.58. The second-order valence-electron chi connectivity index (χ2n) is 6.68. The number of halogens is 1. The van der Waals surface area contributed by atoms with Crippen LogP contribution >= 0.6 is 0 Å². The molecule has 0 saturated heterocycles. The Morgan fingerprint density at radius 2 is 1.37 bits per heavy atom. The highest BCUT2D eigenvalue weighted by atomic mass is 19.1. The van der Waals surface area contributed by atoms with Crippen molar-refractivity contribution in [2.75, 3.05) is 0 Å². The van der Waals surface area contributed by atoms with Gasteiger partial charge in [-0.25, -0.2) is 4.39 Å². The highest BCUT2D eigenvalue weighted by molar-refractivity contribution is 4.88. The molecule has 0 aromatic rings. The van der Waals surface area contributed by atoms with Crippen molar-refractivity contribution in [3.8, 4) is 0 Å². The van der Waals surface area contributed by atoms with Crippen molar-refractivity contribution in [2.45, 2.75) is 79.3 Å². The van der Waals surface area contributed by atoms with Gasteiger partial charge in [0.25, 0.3) is 0 Å². The monoisotopic (exact) mass is 274 g/mol. The summed E-state index contributed by atoms with van der Waals surface area (Å²) in [6.07, 6.45) is 6.59. The van der Waals surface area contributed by atoms with Gasteiger partial charge in [0.15, 0.2) is 0 Å². The summed E-state index contributed by atoms with van der Waals surface area (Å²) in [5.74, 6) is 3.29. The van der Waals surface area contributed by atoms with E-state index in [1.54, 1.807) is 0 Å². The highest BCUT2D eigenvalue weighted by Gasteiger charge is 2.39. The molecule has 1 nitrogen and oxygen atoms in total. The van der Waals surface area contributed by atoms with E-state index in [-0.39, 0.29) is 5.48 Å². The van der Waals surface area contributed by atoms with Crippen molar-refractivity contribution in [1.29, 1.82) is 0 Å². The van der Waals surface area contributed by atoms with Gasteiger partial charge in [-0.15, -0.1) is 0 Å². The number of hydrogen-bond acceptors (Lipinski definition) is 0. The zero-order chi connectivity index (χ0) is 13.7. The molecule has 2 aliphatic rings. The van der Waals surface area contributed by atoms with E-state index in [1.165, 1.54) is 25.7 Å². The van der Waals surface area contributed by atoms with E-state index in [1.807, 2.05) is 13.8 Å². The maximum atomic E-state index is 14.1. The van der Waals surface area contributed by atoms with Crippen molar-refractivity contribution in [3.63, 3.8) is 0 Å².